The minimum Gasteiger partial charge on any atom is -0.378 e. The summed E-state index contributed by atoms with van der Waals surface area (Å²) in [4.78, 5) is 8.55. The summed E-state index contributed by atoms with van der Waals surface area (Å²) in [6.45, 7) is 0.846. The maximum atomic E-state index is 6.09. The summed E-state index contributed by atoms with van der Waals surface area (Å²) in [5, 5.41) is 11.4. The standard InChI is InChI=1S/C20H25N5O/c1-2-5-15(6-3-1)7-4-12-26-17-10-8-16(9-11-17)24-19-18-13-23-25-20(18)22-14-21-19/h1-3,5-6,13-14,16-17H,4,7-12H2,(H2,21,22,23,24,25). The van der Waals surface area contributed by atoms with E-state index in [0.717, 1.165) is 62.0 Å². The van der Waals surface area contributed by atoms with E-state index in [-0.39, 0.29) is 0 Å². The normalized spacial score (nSPS) is 20.3. The Labute approximate surface area is 153 Å². The van der Waals surface area contributed by atoms with Crippen LogP contribution in [0.2, 0.25) is 0 Å². The van der Waals surface area contributed by atoms with E-state index in [4.69, 9.17) is 4.74 Å². The zero-order chi connectivity index (χ0) is 17.6. The molecule has 6 nitrogen and oxygen atoms in total. The molecule has 1 aliphatic carbocycles. The van der Waals surface area contributed by atoms with E-state index in [1.807, 2.05) is 0 Å². The molecule has 2 N–H and O–H groups in total. The fraction of sp³-hybridized carbons (Fsp3) is 0.450. The summed E-state index contributed by atoms with van der Waals surface area (Å²) in [6, 6.07) is 11.1. The van der Waals surface area contributed by atoms with Crippen molar-refractivity contribution in [1.82, 2.24) is 20.2 Å². The van der Waals surface area contributed by atoms with E-state index in [1.54, 1.807) is 12.5 Å². The Morgan fingerprint density at radius 2 is 1.92 bits per heavy atom. The molecule has 1 aliphatic rings. The molecule has 0 spiro atoms. The Morgan fingerprint density at radius 3 is 2.77 bits per heavy atom. The van der Waals surface area contributed by atoms with Crippen molar-refractivity contribution in [2.24, 2.45) is 0 Å². The Morgan fingerprint density at radius 1 is 1.08 bits per heavy atom. The van der Waals surface area contributed by atoms with Gasteiger partial charge in [0.15, 0.2) is 5.65 Å². The van der Waals surface area contributed by atoms with Crippen LogP contribution in [-0.2, 0) is 11.2 Å². The van der Waals surface area contributed by atoms with Crippen LogP contribution in [0.1, 0.15) is 37.7 Å². The first-order chi connectivity index (χ1) is 12.9. The number of benzene rings is 1. The van der Waals surface area contributed by atoms with Gasteiger partial charge in [-0.25, -0.2) is 9.97 Å². The van der Waals surface area contributed by atoms with E-state index in [2.05, 4.69) is 55.8 Å². The van der Waals surface area contributed by atoms with Crippen molar-refractivity contribution < 1.29 is 4.74 Å². The van der Waals surface area contributed by atoms with Crippen LogP contribution in [0.4, 0.5) is 5.82 Å². The van der Waals surface area contributed by atoms with Gasteiger partial charge in [-0.15, -0.1) is 0 Å². The lowest BCUT2D eigenvalue weighted by atomic mass is 9.93. The molecule has 3 aromatic rings. The first kappa shape index (κ1) is 17.0. The number of aromatic amines is 1. The molecule has 136 valence electrons. The lowest BCUT2D eigenvalue weighted by Gasteiger charge is -2.29. The largest absolute Gasteiger partial charge is 0.378 e. The quantitative estimate of drug-likeness (QED) is 0.635. The summed E-state index contributed by atoms with van der Waals surface area (Å²) in [5.41, 5.74) is 2.16. The topological polar surface area (TPSA) is 75.7 Å². The molecular formula is C20H25N5O. The molecule has 0 radical (unpaired) electrons. The summed E-state index contributed by atoms with van der Waals surface area (Å²) in [7, 11) is 0. The zero-order valence-corrected chi connectivity index (χ0v) is 14.9. The smallest absolute Gasteiger partial charge is 0.160 e. The van der Waals surface area contributed by atoms with Gasteiger partial charge in [-0.3, -0.25) is 5.10 Å². The van der Waals surface area contributed by atoms with Gasteiger partial charge in [0.25, 0.3) is 0 Å². The summed E-state index contributed by atoms with van der Waals surface area (Å²) >= 11 is 0. The van der Waals surface area contributed by atoms with E-state index >= 15 is 0 Å². The van der Waals surface area contributed by atoms with E-state index in [1.165, 1.54) is 5.56 Å². The highest BCUT2D eigenvalue weighted by atomic mass is 16.5. The van der Waals surface area contributed by atoms with Crippen molar-refractivity contribution in [3.63, 3.8) is 0 Å². The van der Waals surface area contributed by atoms with Gasteiger partial charge in [-0.2, -0.15) is 5.10 Å². The number of anilines is 1. The van der Waals surface area contributed by atoms with Crippen LogP contribution in [0.15, 0.2) is 42.9 Å². The monoisotopic (exact) mass is 351 g/mol. The van der Waals surface area contributed by atoms with Gasteiger partial charge >= 0.3 is 0 Å². The predicted octanol–water partition coefficient (Wildman–Crippen LogP) is 3.73. The summed E-state index contributed by atoms with van der Waals surface area (Å²) < 4.78 is 6.09. The molecule has 2 heterocycles. The van der Waals surface area contributed by atoms with E-state index in [0.29, 0.717) is 12.1 Å². The number of aromatic nitrogens is 4. The van der Waals surface area contributed by atoms with Crippen LogP contribution in [-0.4, -0.2) is 38.9 Å². The van der Waals surface area contributed by atoms with Crippen LogP contribution in [0.3, 0.4) is 0 Å². The molecule has 0 aliphatic heterocycles. The highest BCUT2D eigenvalue weighted by Crippen LogP contribution is 2.26. The number of rotatable bonds is 7. The van der Waals surface area contributed by atoms with Crippen LogP contribution in [0.25, 0.3) is 11.0 Å². The third kappa shape index (κ3) is 4.19. The van der Waals surface area contributed by atoms with Crippen LogP contribution >= 0.6 is 0 Å². The molecule has 1 aromatic carbocycles. The first-order valence-electron chi connectivity index (χ1n) is 9.44. The first-order valence-corrected chi connectivity index (χ1v) is 9.44. The minimum atomic E-state index is 0.392. The van der Waals surface area contributed by atoms with Gasteiger partial charge in [0.1, 0.15) is 12.1 Å². The number of H-pyrrole nitrogens is 1. The third-order valence-corrected chi connectivity index (χ3v) is 5.07. The van der Waals surface area contributed by atoms with Crippen LogP contribution in [0, 0.1) is 0 Å². The molecular weight excluding hydrogens is 326 g/mol. The second kappa shape index (κ2) is 8.27. The SMILES string of the molecule is c1ccc(CCCOC2CCC(Nc3ncnc4[nH]ncc34)CC2)cc1. The second-order valence-corrected chi connectivity index (χ2v) is 6.93. The van der Waals surface area contributed by atoms with Gasteiger partial charge in [-0.1, -0.05) is 30.3 Å². The minimum absolute atomic E-state index is 0.392. The molecule has 4 rings (SSSR count). The van der Waals surface area contributed by atoms with E-state index < -0.39 is 0 Å². The number of ether oxygens (including phenoxy) is 1. The number of fused-ring (bicyclic) bond motifs is 1. The average molecular weight is 351 g/mol. The fourth-order valence-electron chi connectivity index (χ4n) is 3.62. The van der Waals surface area contributed by atoms with Crippen LogP contribution < -0.4 is 5.32 Å². The maximum absolute atomic E-state index is 6.09. The lowest BCUT2D eigenvalue weighted by Crippen LogP contribution is -2.30. The zero-order valence-electron chi connectivity index (χ0n) is 14.9. The Balaban J connectivity index is 1.19. The van der Waals surface area contributed by atoms with Crippen molar-refractivity contribution in [2.45, 2.75) is 50.7 Å². The molecule has 0 saturated heterocycles. The number of hydrogen-bond acceptors (Lipinski definition) is 5. The molecule has 26 heavy (non-hydrogen) atoms. The van der Waals surface area contributed by atoms with Gasteiger partial charge in [-0.05, 0) is 44.1 Å². The van der Waals surface area contributed by atoms with Gasteiger partial charge in [0.2, 0.25) is 0 Å². The van der Waals surface area contributed by atoms with Gasteiger partial charge in [0, 0.05) is 12.6 Å². The van der Waals surface area contributed by atoms with Crippen molar-refractivity contribution in [1.29, 1.82) is 0 Å². The predicted molar refractivity (Wildman–Crippen MR) is 102 cm³/mol. The molecule has 0 atom stereocenters. The summed E-state index contributed by atoms with van der Waals surface area (Å²) in [6.07, 6.45) is 10.3. The van der Waals surface area contributed by atoms with Crippen molar-refractivity contribution in [2.75, 3.05) is 11.9 Å². The number of hydrogen-bond donors (Lipinski definition) is 2. The van der Waals surface area contributed by atoms with Gasteiger partial charge in [0.05, 0.1) is 17.7 Å². The maximum Gasteiger partial charge on any atom is 0.160 e. The van der Waals surface area contributed by atoms with Crippen molar-refractivity contribution >= 4 is 16.9 Å². The Bertz CT molecular complexity index is 811. The third-order valence-electron chi connectivity index (χ3n) is 5.07. The molecule has 1 fully saturated rings. The number of nitrogens with one attached hydrogen (secondary N) is 2. The van der Waals surface area contributed by atoms with Crippen molar-refractivity contribution in [3.8, 4) is 0 Å². The van der Waals surface area contributed by atoms with Crippen molar-refractivity contribution in [3.05, 3.63) is 48.4 Å². The molecule has 2 aromatic heterocycles. The highest BCUT2D eigenvalue weighted by Gasteiger charge is 2.22. The number of aryl methyl sites for hydroxylation is 1. The van der Waals surface area contributed by atoms with E-state index in [9.17, 15) is 0 Å². The summed E-state index contributed by atoms with van der Waals surface area (Å²) in [5.74, 6) is 0.871. The van der Waals surface area contributed by atoms with Gasteiger partial charge < -0.3 is 10.1 Å². The second-order valence-electron chi connectivity index (χ2n) is 6.93. The lowest BCUT2D eigenvalue weighted by molar-refractivity contribution is 0.0253. The molecule has 1 saturated carbocycles. The molecule has 0 unspecified atom stereocenters. The van der Waals surface area contributed by atoms with Crippen LogP contribution in [0.5, 0.6) is 0 Å². The molecule has 6 heteroatoms. The average Bonchev–Trinajstić information content (AvgIpc) is 3.17. The Kier molecular flexibility index (Phi) is 5.40. The Hall–Kier alpha value is -2.47. The highest BCUT2D eigenvalue weighted by molar-refractivity contribution is 5.85. The molecule has 0 bridgehead atoms. The number of nitrogens with zero attached hydrogens (tertiary/aromatic N) is 3. The molecule has 0 amide bonds. The fourth-order valence-corrected chi connectivity index (χ4v) is 3.62.